The van der Waals surface area contributed by atoms with Crippen molar-refractivity contribution in [2.24, 2.45) is 5.73 Å². The molecule has 162 valence electrons. The maximum absolute atomic E-state index is 13.7. The average molecular weight is 464 g/mol. The molecule has 1 atom stereocenters. The van der Waals surface area contributed by atoms with Gasteiger partial charge in [0.15, 0.2) is 5.76 Å². The van der Waals surface area contributed by atoms with Gasteiger partial charge in [-0.2, -0.15) is 0 Å². The molecule has 3 heterocycles. The van der Waals surface area contributed by atoms with Crippen molar-refractivity contribution in [3.63, 3.8) is 0 Å². The van der Waals surface area contributed by atoms with Crippen LogP contribution in [0, 0.1) is 6.92 Å². The zero-order valence-electron chi connectivity index (χ0n) is 17.4. The number of carbonyl (C=O) groups is 2. The van der Waals surface area contributed by atoms with Crippen LogP contribution in [-0.2, 0) is 23.5 Å². The zero-order chi connectivity index (χ0) is 22.2. The van der Waals surface area contributed by atoms with Crippen LogP contribution in [0.5, 0.6) is 0 Å². The van der Waals surface area contributed by atoms with E-state index in [1.165, 1.54) is 0 Å². The predicted molar refractivity (Wildman–Crippen MR) is 126 cm³/mol. The Morgan fingerprint density at radius 1 is 1.19 bits per heavy atom. The molecule has 2 N–H and O–H groups in total. The van der Waals surface area contributed by atoms with Crippen LogP contribution < -0.4 is 5.73 Å². The van der Waals surface area contributed by atoms with Crippen LogP contribution >= 0.6 is 23.1 Å². The van der Waals surface area contributed by atoms with Crippen LogP contribution in [0.15, 0.2) is 62.7 Å². The molecular formula is C24H21N3O3S2. The first-order valence-corrected chi connectivity index (χ1v) is 12.1. The van der Waals surface area contributed by atoms with Crippen molar-refractivity contribution in [3.05, 3.63) is 82.1 Å². The van der Waals surface area contributed by atoms with E-state index in [4.69, 9.17) is 10.2 Å². The van der Waals surface area contributed by atoms with Crippen molar-refractivity contribution < 1.29 is 14.0 Å². The first-order chi connectivity index (χ1) is 15.5. The van der Waals surface area contributed by atoms with Crippen LogP contribution in [0.2, 0.25) is 0 Å². The van der Waals surface area contributed by atoms with Gasteiger partial charge in [0.05, 0.1) is 0 Å². The highest BCUT2D eigenvalue weighted by Gasteiger charge is 2.36. The summed E-state index contributed by atoms with van der Waals surface area (Å²) in [5.41, 5.74) is 10.2. The largest absolute Gasteiger partial charge is 0.451 e. The monoisotopic (exact) mass is 463 g/mol. The quantitative estimate of drug-likeness (QED) is 0.439. The third-order valence-corrected chi connectivity index (χ3v) is 7.83. The number of para-hydroxylation sites is 1. The fraction of sp³-hybridized carbons (Fsp3) is 0.208. The maximum atomic E-state index is 13.7. The Labute approximate surface area is 193 Å². The van der Waals surface area contributed by atoms with Gasteiger partial charge in [-0.15, -0.1) is 11.3 Å². The lowest BCUT2D eigenvalue weighted by Gasteiger charge is -2.34. The fourth-order valence-electron chi connectivity index (χ4n) is 4.07. The molecule has 1 unspecified atom stereocenters. The number of aromatic nitrogens is 1. The van der Waals surface area contributed by atoms with Crippen LogP contribution in [-0.4, -0.2) is 27.7 Å². The number of hydrogen-bond donors (Lipinski definition) is 1. The topological polar surface area (TPSA) is 89.4 Å². The van der Waals surface area contributed by atoms with Gasteiger partial charge in [0.2, 0.25) is 5.91 Å². The van der Waals surface area contributed by atoms with Crippen molar-refractivity contribution in [2.75, 3.05) is 0 Å². The summed E-state index contributed by atoms with van der Waals surface area (Å²) in [7, 11) is 0. The third-order valence-electron chi connectivity index (χ3n) is 5.67. The van der Waals surface area contributed by atoms with E-state index < -0.39 is 11.9 Å². The smallest absolute Gasteiger partial charge is 0.290 e. The molecular weight excluding hydrogens is 442 g/mol. The maximum Gasteiger partial charge on any atom is 0.290 e. The first-order valence-electron chi connectivity index (χ1n) is 10.2. The van der Waals surface area contributed by atoms with Gasteiger partial charge in [-0.1, -0.05) is 54.2 Å². The van der Waals surface area contributed by atoms with E-state index >= 15 is 0 Å². The minimum atomic E-state index is -0.715. The molecule has 1 aliphatic heterocycles. The van der Waals surface area contributed by atoms with Crippen molar-refractivity contribution >= 4 is 45.9 Å². The molecule has 1 aliphatic rings. The van der Waals surface area contributed by atoms with Gasteiger partial charge >= 0.3 is 0 Å². The number of amides is 2. The van der Waals surface area contributed by atoms with E-state index in [0.717, 1.165) is 32.1 Å². The molecule has 0 bridgehead atoms. The molecule has 2 aromatic heterocycles. The molecule has 2 aromatic carbocycles. The molecule has 5 rings (SSSR count). The number of carbonyl (C=O) groups excluding carboxylic acids is 2. The molecule has 0 saturated heterocycles. The lowest BCUT2D eigenvalue weighted by molar-refractivity contribution is -0.122. The summed E-state index contributed by atoms with van der Waals surface area (Å²) in [6.45, 7) is 2.28. The number of primary amides is 1. The second-order valence-electron chi connectivity index (χ2n) is 7.77. The average Bonchev–Trinajstić information content (AvgIpc) is 3.39. The third kappa shape index (κ3) is 3.80. The Hall–Kier alpha value is -3.10. The van der Waals surface area contributed by atoms with Crippen molar-refractivity contribution in [2.45, 2.75) is 36.0 Å². The summed E-state index contributed by atoms with van der Waals surface area (Å²) in [5, 5.41) is 2.90. The Morgan fingerprint density at radius 2 is 1.94 bits per heavy atom. The lowest BCUT2D eigenvalue weighted by Crippen LogP contribution is -2.51. The summed E-state index contributed by atoms with van der Waals surface area (Å²) in [6, 6.07) is 14.7. The fourth-order valence-corrected chi connectivity index (χ4v) is 5.95. The lowest BCUT2D eigenvalue weighted by atomic mass is 9.93. The number of thioether (sulfide) groups is 1. The van der Waals surface area contributed by atoms with E-state index in [-0.39, 0.29) is 11.7 Å². The molecule has 0 fully saturated rings. The van der Waals surface area contributed by atoms with Gasteiger partial charge in [-0.25, -0.2) is 4.98 Å². The van der Waals surface area contributed by atoms with Gasteiger partial charge in [0.25, 0.3) is 5.91 Å². The number of nitrogens with two attached hydrogens (primary N) is 1. The zero-order valence-corrected chi connectivity index (χ0v) is 19.0. The van der Waals surface area contributed by atoms with Crippen molar-refractivity contribution in [1.82, 2.24) is 9.88 Å². The molecule has 0 spiro atoms. The van der Waals surface area contributed by atoms with E-state index in [1.54, 1.807) is 28.0 Å². The first kappa shape index (κ1) is 20.8. The Bertz CT molecular complexity index is 1330. The molecule has 4 aromatic rings. The molecule has 8 heteroatoms. The normalized spacial score (nSPS) is 15.7. The molecule has 0 aliphatic carbocycles. The Kier molecular flexibility index (Phi) is 5.48. The highest BCUT2D eigenvalue weighted by Crippen LogP contribution is 2.35. The minimum absolute atomic E-state index is 0.262. The van der Waals surface area contributed by atoms with E-state index in [2.05, 4.69) is 4.98 Å². The SMILES string of the molecule is Cc1csc(SCc2c(C(=O)N3Cc4ccccc4CC3C(N)=O)oc3ccccc23)n1. The summed E-state index contributed by atoms with van der Waals surface area (Å²) in [5.74, 6) is -0.0300. The standard InChI is InChI=1S/C24H21N3O3S2/c1-14-12-31-24(26-14)32-13-18-17-8-4-5-9-20(17)30-21(18)23(29)27-11-16-7-3-2-6-15(16)10-19(27)22(25)28/h2-9,12,19H,10-11,13H2,1H3,(H2,25,28). The Balaban J connectivity index is 1.53. The number of furan rings is 1. The number of rotatable bonds is 5. The van der Waals surface area contributed by atoms with E-state index in [1.807, 2.05) is 60.8 Å². The Morgan fingerprint density at radius 3 is 2.69 bits per heavy atom. The van der Waals surface area contributed by atoms with E-state index in [9.17, 15) is 9.59 Å². The van der Waals surface area contributed by atoms with Crippen LogP contribution in [0.3, 0.4) is 0 Å². The molecule has 0 radical (unpaired) electrons. The van der Waals surface area contributed by atoms with Gasteiger partial charge < -0.3 is 15.1 Å². The minimum Gasteiger partial charge on any atom is -0.451 e. The number of fused-ring (bicyclic) bond motifs is 2. The van der Waals surface area contributed by atoms with Crippen molar-refractivity contribution in [3.8, 4) is 0 Å². The summed E-state index contributed by atoms with van der Waals surface area (Å²) in [4.78, 5) is 32.1. The second-order valence-corrected chi connectivity index (χ2v) is 9.85. The highest BCUT2D eigenvalue weighted by atomic mass is 32.2. The highest BCUT2D eigenvalue weighted by molar-refractivity contribution is 8.00. The van der Waals surface area contributed by atoms with Gasteiger partial charge in [-0.3, -0.25) is 9.59 Å². The molecule has 0 saturated carbocycles. The number of nitrogens with zero attached hydrogens (tertiary/aromatic N) is 2. The number of hydrogen-bond acceptors (Lipinski definition) is 6. The number of aryl methyl sites for hydroxylation is 1. The molecule has 6 nitrogen and oxygen atoms in total. The summed E-state index contributed by atoms with van der Waals surface area (Å²) in [6.07, 6.45) is 0.403. The van der Waals surface area contributed by atoms with Gasteiger partial charge in [0, 0.05) is 40.7 Å². The number of thiazole rings is 1. The molecule has 2 amide bonds. The summed E-state index contributed by atoms with van der Waals surface area (Å²) < 4.78 is 6.99. The summed E-state index contributed by atoms with van der Waals surface area (Å²) >= 11 is 3.15. The van der Waals surface area contributed by atoms with Crippen LogP contribution in [0.1, 0.15) is 32.9 Å². The van der Waals surface area contributed by atoms with Gasteiger partial charge in [0.1, 0.15) is 16.0 Å². The number of benzene rings is 2. The van der Waals surface area contributed by atoms with Gasteiger partial charge in [-0.05, 0) is 24.1 Å². The van der Waals surface area contributed by atoms with Crippen LogP contribution in [0.25, 0.3) is 11.0 Å². The second kappa shape index (κ2) is 8.44. The molecule has 32 heavy (non-hydrogen) atoms. The van der Waals surface area contributed by atoms with Crippen LogP contribution in [0.4, 0.5) is 0 Å². The van der Waals surface area contributed by atoms with E-state index in [0.29, 0.717) is 24.3 Å². The van der Waals surface area contributed by atoms with Crippen molar-refractivity contribution in [1.29, 1.82) is 0 Å². The predicted octanol–water partition coefficient (Wildman–Crippen LogP) is 4.54.